The first-order chi connectivity index (χ1) is 9.67. The third-order valence-corrected chi connectivity index (χ3v) is 2.23. The first-order valence-electron chi connectivity index (χ1n) is 6.26. The fourth-order valence-electron chi connectivity index (χ4n) is 1.38. The number of nitrogens with two attached hydrogens (primary N) is 1. The Morgan fingerprint density at radius 2 is 1.81 bits per heavy atom. The number of amidine groups is 1. The number of benzene rings is 1. The molecule has 1 aromatic rings. The fraction of sp³-hybridized carbons (Fsp3) is 0.267. The van der Waals surface area contributed by atoms with Gasteiger partial charge in [0.25, 0.3) is 0 Å². The van der Waals surface area contributed by atoms with Crippen molar-refractivity contribution in [1.82, 2.24) is 0 Å². The third kappa shape index (κ3) is 6.38. The smallest absolute Gasteiger partial charge is 0.436 e. The average molecular weight is 290 g/mol. The highest BCUT2D eigenvalue weighted by atomic mass is 16.6. The first-order valence-corrected chi connectivity index (χ1v) is 6.26. The van der Waals surface area contributed by atoms with E-state index in [-0.39, 0.29) is 5.84 Å². The molecule has 6 nitrogen and oxygen atoms in total. The Labute approximate surface area is 122 Å². The monoisotopic (exact) mass is 290 g/mol. The second-order valence-corrected chi connectivity index (χ2v) is 5.27. The topological polar surface area (TPSA) is 102 Å². The molecule has 0 heterocycles. The molecular formula is C15H18N2O4. The number of aliphatic imine (C=N–C) groups is 1. The van der Waals surface area contributed by atoms with E-state index in [4.69, 9.17) is 15.6 Å². The molecule has 6 heteroatoms. The van der Waals surface area contributed by atoms with Gasteiger partial charge in [0.1, 0.15) is 11.4 Å². The van der Waals surface area contributed by atoms with Gasteiger partial charge in [-0.2, -0.15) is 4.99 Å². The van der Waals surface area contributed by atoms with Crippen molar-refractivity contribution in [2.45, 2.75) is 26.4 Å². The minimum Gasteiger partial charge on any atom is -0.478 e. The van der Waals surface area contributed by atoms with Gasteiger partial charge in [0.2, 0.25) is 0 Å². The standard InChI is InChI=1S/C15H18N2O4/c1-15(2,3)21-14(20)17-13(16)11-7-4-10(5-8-11)6-9-12(18)19/h4-9H,1-3H3,(H,18,19)(H2,16,17,20)/b9-6+. The van der Waals surface area contributed by atoms with Crippen LogP contribution < -0.4 is 5.73 Å². The maximum Gasteiger partial charge on any atom is 0.436 e. The second kappa shape index (κ2) is 6.69. The second-order valence-electron chi connectivity index (χ2n) is 5.27. The lowest BCUT2D eigenvalue weighted by atomic mass is 10.1. The minimum absolute atomic E-state index is 0.0398. The number of hydrogen-bond acceptors (Lipinski definition) is 3. The zero-order valence-electron chi connectivity index (χ0n) is 12.2. The number of ether oxygens (including phenoxy) is 1. The van der Waals surface area contributed by atoms with Crippen molar-refractivity contribution in [1.29, 1.82) is 0 Å². The van der Waals surface area contributed by atoms with Crippen LogP contribution >= 0.6 is 0 Å². The quantitative estimate of drug-likeness (QED) is 0.505. The molecule has 1 aromatic carbocycles. The van der Waals surface area contributed by atoms with Gasteiger partial charge < -0.3 is 15.6 Å². The van der Waals surface area contributed by atoms with Crippen molar-refractivity contribution >= 4 is 24.0 Å². The van der Waals surface area contributed by atoms with Crippen molar-refractivity contribution in [3.05, 3.63) is 41.5 Å². The summed E-state index contributed by atoms with van der Waals surface area (Å²) in [5, 5.41) is 8.53. The van der Waals surface area contributed by atoms with E-state index in [0.29, 0.717) is 11.1 Å². The SMILES string of the molecule is CC(C)(C)OC(=O)N=C(N)c1ccc(/C=C/C(=O)O)cc1. The van der Waals surface area contributed by atoms with E-state index < -0.39 is 17.7 Å². The van der Waals surface area contributed by atoms with Crippen LogP contribution in [0, 0.1) is 0 Å². The van der Waals surface area contributed by atoms with E-state index in [2.05, 4.69) is 4.99 Å². The molecule has 0 saturated carbocycles. The highest BCUT2D eigenvalue weighted by Gasteiger charge is 2.16. The number of rotatable bonds is 3. The Balaban J connectivity index is 2.81. The van der Waals surface area contributed by atoms with Crippen molar-refractivity contribution in [2.24, 2.45) is 10.7 Å². The van der Waals surface area contributed by atoms with Crippen molar-refractivity contribution < 1.29 is 19.4 Å². The molecule has 1 rings (SSSR count). The van der Waals surface area contributed by atoms with Gasteiger partial charge in [0.15, 0.2) is 0 Å². The average Bonchev–Trinajstić information content (AvgIpc) is 2.34. The molecule has 1 amide bonds. The molecule has 0 aliphatic carbocycles. The van der Waals surface area contributed by atoms with Crippen LogP contribution in [-0.4, -0.2) is 28.6 Å². The molecule has 0 aromatic heterocycles. The third-order valence-electron chi connectivity index (χ3n) is 2.23. The molecule has 0 spiro atoms. The van der Waals surface area contributed by atoms with Crippen molar-refractivity contribution in [3.63, 3.8) is 0 Å². The number of nitrogens with zero attached hydrogens (tertiary/aromatic N) is 1. The molecule has 0 saturated heterocycles. The van der Waals surface area contributed by atoms with E-state index in [9.17, 15) is 9.59 Å². The van der Waals surface area contributed by atoms with Crippen LogP contribution in [0.25, 0.3) is 6.08 Å². The number of carboxylic acids is 1. The number of aliphatic carboxylic acids is 1. The summed E-state index contributed by atoms with van der Waals surface area (Å²) < 4.78 is 5.04. The Morgan fingerprint density at radius 3 is 2.29 bits per heavy atom. The molecule has 0 atom stereocenters. The van der Waals surface area contributed by atoms with Gasteiger partial charge in [0.05, 0.1) is 0 Å². The Kier molecular flexibility index (Phi) is 5.24. The zero-order valence-corrected chi connectivity index (χ0v) is 12.2. The van der Waals surface area contributed by atoms with E-state index in [1.54, 1.807) is 45.0 Å². The fourth-order valence-corrected chi connectivity index (χ4v) is 1.38. The summed E-state index contributed by atoms with van der Waals surface area (Å²) in [6.07, 6.45) is 1.73. The van der Waals surface area contributed by atoms with Gasteiger partial charge >= 0.3 is 12.1 Å². The van der Waals surface area contributed by atoms with Crippen LogP contribution in [0.2, 0.25) is 0 Å². The number of carbonyl (C=O) groups is 2. The lowest BCUT2D eigenvalue weighted by Gasteiger charge is -2.17. The van der Waals surface area contributed by atoms with Crippen molar-refractivity contribution in [3.8, 4) is 0 Å². The lowest BCUT2D eigenvalue weighted by Crippen LogP contribution is -2.24. The predicted molar refractivity (Wildman–Crippen MR) is 80.1 cm³/mol. The summed E-state index contributed by atoms with van der Waals surface area (Å²) in [7, 11) is 0. The summed E-state index contributed by atoms with van der Waals surface area (Å²) in [5.74, 6) is -0.983. The van der Waals surface area contributed by atoms with E-state index in [1.807, 2.05) is 0 Å². The summed E-state index contributed by atoms with van der Waals surface area (Å²) in [6, 6.07) is 6.63. The highest BCUT2D eigenvalue weighted by molar-refractivity contribution is 6.02. The summed E-state index contributed by atoms with van der Waals surface area (Å²) in [5.41, 5.74) is 6.34. The molecule has 0 fully saturated rings. The van der Waals surface area contributed by atoms with Gasteiger partial charge in [-0.05, 0) is 32.4 Å². The first kappa shape index (κ1) is 16.4. The largest absolute Gasteiger partial charge is 0.478 e. The molecule has 0 aliphatic heterocycles. The molecular weight excluding hydrogens is 272 g/mol. The number of amides is 1. The lowest BCUT2D eigenvalue weighted by molar-refractivity contribution is -0.131. The Morgan fingerprint density at radius 1 is 1.24 bits per heavy atom. The zero-order chi connectivity index (χ0) is 16.0. The molecule has 0 radical (unpaired) electrons. The van der Waals surface area contributed by atoms with Gasteiger partial charge in [-0.15, -0.1) is 0 Å². The predicted octanol–water partition coefficient (Wildman–Crippen LogP) is 2.42. The molecule has 3 N–H and O–H groups in total. The number of hydrogen-bond donors (Lipinski definition) is 2. The number of carboxylic acid groups (broad SMARTS) is 1. The minimum atomic E-state index is -1.02. The molecule has 112 valence electrons. The van der Waals surface area contributed by atoms with Gasteiger partial charge in [-0.1, -0.05) is 24.3 Å². The number of carbonyl (C=O) groups excluding carboxylic acids is 1. The van der Waals surface area contributed by atoms with Crippen LogP contribution in [-0.2, 0) is 9.53 Å². The van der Waals surface area contributed by atoms with Crippen LogP contribution in [0.1, 0.15) is 31.9 Å². The van der Waals surface area contributed by atoms with E-state index in [0.717, 1.165) is 6.08 Å². The molecule has 0 bridgehead atoms. The molecule has 21 heavy (non-hydrogen) atoms. The van der Waals surface area contributed by atoms with E-state index in [1.165, 1.54) is 6.08 Å². The summed E-state index contributed by atoms with van der Waals surface area (Å²) in [4.78, 5) is 25.6. The van der Waals surface area contributed by atoms with Crippen molar-refractivity contribution in [2.75, 3.05) is 0 Å². The van der Waals surface area contributed by atoms with Crippen LogP contribution in [0.3, 0.4) is 0 Å². The molecule has 0 aliphatic rings. The molecule has 0 unspecified atom stereocenters. The summed E-state index contributed by atoms with van der Waals surface area (Å²) in [6.45, 7) is 5.21. The maximum atomic E-state index is 11.5. The van der Waals surface area contributed by atoms with Gasteiger partial charge in [-0.25, -0.2) is 9.59 Å². The Hall–Kier alpha value is -2.63. The maximum absolute atomic E-state index is 11.5. The van der Waals surface area contributed by atoms with Gasteiger partial charge in [-0.3, -0.25) is 0 Å². The van der Waals surface area contributed by atoms with Gasteiger partial charge in [0, 0.05) is 11.6 Å². The highest BCUT2D eigenvalue weighted by Crippen LogP contribution is 2.10. The Bertz CT molecular complexity index is 581. The van der Waals surface area contributed by atoms with E-state index >= 15 is 0 Å². The summed E-state index contributed by atoms with van der Waals surface area (Å²) >= 11 is 0. The van der Waals surface area contributed by atoms with Crippen LogP contribution in [0.5, 0.6) is 0 Å². The van der Waals surface area contributed by atoms with Crippen LogP contribution in [0.4, 0.5) is 4.79 Å². The normalized spacial score (nSPS) is 12.4. The van der Waals surface area contributed by atoms with Crippen LogP contribution in [0.15, 0.2) is 35.3 Å².